The summed E-state index contributed by atoms with van der Waals surface area (Å²) in [5, 5.41) is 3.68. The fourth-order valence-corrected chi connectivity index (χ4v) is 1.99. The Morgan fingerprint density at radius 2 is 1.50 bits per heavy atom. The van der Waals surface area contributed by atoms with Gasteiger partial charge in [0, 0.05) is 0 Å². The first kappa shape index (κ1) is 19.3. The number of hydrogen-bond acceptors (Lipinski definition) is 5. The summed E-state index contributed by atoms with van der Waals surface area (Å²) in [7, 11) is 0. The van der Waals surface area contributed by atoms with Gasteiger partial charge in [-0.1, -0.05) is 17.7 Å². The predicted molar refractivity (Wildman–Crippen MR) is 99.7 cm³/mol. The maximum absolute atomic E-state index is 10.5. The van der Waals surface area contributed by atoms with Gasteiger partial charge in [-0.3, -0.25) is 0 Å². The number of carbonyl (C=O) groups excluding carboxylic acids is 1. The zero-order valence-corrected chi connectivity index (χ0v) is 14.7. The van der Waals surface area contributed by atoms with Gasteiger partial charge in [0.2, 0.25) is 0 Å². The number of amides is 2. The third-order valence-corrected chi connectivity index (χ3v) is 3.28. The highest BCUT2D eigenvalue weighted by Crippen LogP contribution is 2.12. The predicted octanol–water partition coefficient (Wildman–Crippen LogP) is 2.47. The fraction of sp³-hybridized carbons (Fsp3) is 0.263. The van der Waals surface area contributed by atoms with E-state index in [0.717, 1.165) is 17.1 Å². The topological polar surface area (TPSA) is 95.2 Å². The van der Waals surface area contributed by atoms with Gasteiger partial charge in [-0.05, 0) is 48.9 Å². The number of hydrazone groups is 1. The van der Waals surface area contributed by atoms with Crippen LogP contribution in [-0.4, -0.2) is 38.7 Å². The number of carbonyl (C=O) groups is 1. The van der Waals surface area contributed by atoms with Crippen LogP contribution in [0.25, 0.3) is 0 Å². The molecule has 138 valence electrons. The van der Waals surface area contributed by atoms with Crippen molar-refractivity contribution < 1.29 is 19.0 Å². The molecule has 7 nitrogen and oxygen atoms in total. The lowest BCUT2D eigenvalue weighted by Crippen LogP contribution is -2.24. The Bertz CT molecular complexity index is 700. The van der Waals surface area contributed by atoms with E-state index in [2.05, 4.69) is 10.5 Å². The van der Waals surface area contributed by atoms with E-state index in [9.17, 15) is 4.79 Å². The van der Waals surface area contributed by atoms with Gasteiger partial charge in [0.25, 0.3) is 0 Å². The van der Waals surface area contributed by atoms with Gasteiger partial charge in [0.05, 0.1) is 19.4 Å². The van der Waals surface area contributed by atoms with Gasteiger partial charge < -0.3 is 19.9 Å². The molecule has 0 fully saturated rings. The quantitative estimate of drug-likeness (QED) is 0.388. The van der Waals surface area contributed by atoms with Crippen LogP contribution in [0.3, 0.4) is 0 Å². The summed E-state index contributed by atoms with van der Waals surface area (Å²) in [5.74, 6) is 1.56. The second-order valence-electron chi connectivity index (χ2n) is 5.43. The highest BCUT2D eigenvalue weighted by atomic mass is 16.5. The molecule has 2 aromatic carbocycles. The molecule has 2 rings (SSSR count). The summed E-state index contributed by atoms with van der Waals surface area (Å²) in [4.78, 5) is 10.5. The first-order valence-electron chi connectivity index (χ1n) is 8.22. The number of benzene rings is 2. The summed E-state index contributed by atoms with van der Waals surface area (Å²) in [6.45, 7) is 3.95. The lowest BCUT2D eigenvalue weighted by atomic mass is 10.2. The normalized spacial score (nSPS) is 10.7. The Morgan fingerprint density at radius 3 is 2.04 bits per heavy atom. The van der Waals surface area contributed by atoms with Crippen molar-refractivity contribution in [3.63, 3.8) is 0 Å². The lowest BCUT2D eigenvalue weighted by Gasteiger charge is -2.09. The highest BCUT2D eigenvalue weighted by Gasteiger charge is 1.96. The molecule has 0 saturated carbocycles. The standard InChI is InChI=1S/C19H23N3O4/c1-15-2-6-17(7-3-15)25-12-10-24-11-13-26-18-8-4-16(5-9-18)14-21-22-19(20)23/h2-9,14H,10-13H2,1H3,(H3,20,22,23)/b21-14-. The molecule has 26 heavy (non-hydrogen) atoms. The summed E-state index contributed by atoms with van der Waals surface area (Å²) in [6.07, 6.45) is 1.49. The van der Waals surface area contributed by atoms with Gasteiger partial charge in [0.1, 0.15) is 24.7 Å². The Hall–Kier alpha value is -3.06. The van der Waals surface area contributed by atoms with Crippen LogP contribution >= 0.6 is 0 Å². The number of urea groups is 1. The molecule has 7 heteroatoms. The van der Waals surface area contributed by atoms with E-state index in [4.69, 9.17) is 19.9 Å². The van der Waals surface area contributed by atoms with Crippen molar-refractivity contribution in [1.29, 1.82) is 0 Å². The molecule has 0 unspecified atom stereocenters. The molecule has 0 saturated heterocycles. The maximum atomic E-state index is 10.5. The van der Waals surface area contributed by atoms with Crippen molar-refractivity contribution >= 4 is 12.2 Å². The second kappa shape index (κ2) is 10.7. The maximum Gasteiger partial charge on any atom is 0.332 e. The molecule has 0 aliphatic rings. The van der Waals surface area contributed by atoms with E-state index in [1.54, 1.807) is 0 Å². The average Bonchev–Trinajstić information content (AvgIpc) is 2.63. The Kier molecular flexibility index (Phi) is 7.95. The number of primary amides is 1. The Morgan fingerprint density at radius 1 is 0.962 bits per heavy atom. The number of hydrogen-bond donors (Lipinski definition) is 2. The molecule has 0 radical (unpaired) electrons. The van der Waals surface area contributed by atoms with Crippen LogP contribution in [0.2, 0.25) is 0 Å². The van der Waals surface area contributed by atoms with Gasteiger partial charge in [-0.25, -0.2) is 10.2 Å². The molecule has 0 aliphatic heterocycles. The molecule has 0 heterocycles. The van der Waals surface area contributed by atoms with Crippen LogP contribution in [0, 0.1) is 6.92 Å². The van der Waals surface area contributed by atoms with Crippen molar-refractivity contribution in [2.24, 2.45) is 10.8 Å². The van der Waals surface area contributed by atoms with Gasteiger partial charge in [-0.2, -0.15) is 5.10 Å². The molecular weight excluding hydrogens is 334 g/mol. The van der Waals surface area contributed by atoms with Crippen molar-refractivity contribution in [3.05, 3.63) is 59.7 Å². The second-order valence-corrected chi connectivity index (χ2v) is 5.43. The Balaban J connectivity index is 1.56. The van der Waals surface area contributed by atoms with E-state index in [-0.39, 0.29) is 0 Å². The summed E-state index contributed by atoms with van der Waals surface area (Å²) in [6, 6.07) is 14.5. The third kappa shape index (κ3) is 7.67. The fourth-order valence-electron chi connectivity index (χ4n) is 1.99. The van der Waals surface area contributed by atoms with Gasteiger partial charge in [-0.15, -0.1) is 0 Å². The molecule has 3 N–H and O–H groups in total. The Labute approximate surface area is 152 Å². The third-order valence-electron chi connectivity index (χ3n) is 3.28. The lowest BCUT2D eigenvalue weighted by molar-refractivity contribution is 0.0764. The van der Waals surface area contributed by atoms with E-state index < -0.39 is 6.03 Å². The molecule has 0 spiro atoms. The van der Waals surface area contributed by atoms with Crippen LogP contribution in [0.5, 0.6) is 11.5 Å². The van der Waals surface area contributed by atoms with Crippen LogP contribution in [0.4, 0.5) is 4.79 Å². The molecule has 2 aromatic rings. The minimum atomic E-state index is -0.703. The highest BCUT2D eigenvalue weighted by molar-refractivity contribution is 5.81. The molecule has 0 bridgehead atoms. The zero-order chi connectivity index (χ0) is 18.6. The monoisotopic (exact) mass is 357 g/mol. The number of nitrogens with two attached hydrogens (primary N) is 1. The summed E-state index contributed by atoms with van der Waals surface area (Å²) in [5.41, 5.74) is 9.06. The minimum absolute atomic E-state index is 0.446. The van der Waals surface area contributed by atoms with Crippen LogP contribution in [-0.2, 0) is 4.74 Å². The molecule has 2 amide bonds. The molecule has 0 aromatic heterocycles. The molecule has 0 atom stereocenters. The molecular formula is C19H23N3O4. The van der Waals surface area contributed by atoms with Crippen LogP contribution < -0.4 is 20.6 Å². The minimum Gasteiger partial charge on any atom is -0.491 e. The van der Waals surface area contributed by atoms with Gasteiger partial charge >= 0.3 is 6.03 Å². The van der Waals surface area contributed by atoms with Crippen LogP contribution in [0.15, 0.2) is 53.6 Å². The van der Waals surface area contributed by atoms with Crippen molar-refractivity contribution in [3.8, 4) is 11.5 Å². The SMILES string of the molecule is Cc1ccc(OCCOCCOc2ccc(/C=N\NC(N)=O)cc2)cc1. The largest absolute Gasteiger partial charge is 0.491 e. The van der Waals surface area contributed by atoms with E-state index in [0.29, 0.717) is 26.4 Å². The zero-order valence-electron chi connectivity index (χ0n) is 14.7. The molecule has 0 aliphatic carbocycles. The number of rotatable bonds is 10. The average molecular weight is 357 g/mol. The summed E-state index contributed by atoms with van der Waals surface area (Å²) < 4.78 is 16.6. The number of nitrogens with zero attached hydrogens (tertiary/aromatic N) is 1. The van der Waals surface area contributed by atoms with Crippen molar-refractivity contribution in [2.45, 2.75) is 6.92 Å². The smallest absolute Gasteiger partial charge is 0.332 e. The van der Waals surface area contributed by atoms with Crippen molar-refractivity contribution in [2.75, 3.05) is 26.4 Å². The first-order valence-corrected chi connectivity index (χ1v) is 8.22. The number of nitrogens with one attached hydrogen (secondary N) is 1. The summed E-state index contributed by atoms with van der Waals surface area (Å²) >= 11 is 0. The van der Waals surface area contributed by atoms with E-state index >= 15 is 0 Å². The first-order chi connectivity index (χ1) is 12.6. The van der Waals surface area contributed by atoms with Crippen molar-refractivity contribution in [1.82, 2.24) is 5.43 Å². The van der Waals surface area contributed by atoms with E-state index in [1.807, 2.05) is 55.5 Å². The number of aryl methyl sites for hydroxylation is 1. The number of ether oxygens (including phenoxy) is 3. The van der Waals surface area contributed by atoms with E-state index in [1.165, 1.54) is 11.8 Å². The van der Waals surface area contributed by atoms with Crippen LogP contribution in [0.1, 0.15) is 11.1 Å². The van der Waals surface area contributed by atoms with Gasteiger partial charge in [0.15, 0.2) is 0 Å².